The van der Waals surface area contributed by atoms with Gasteiger partial charge in [-0.1, -0.05) is 0 Å². The number of carbonyl (C=O) groups is 2. The summed E-state index contributed by atoms with van der Waals surface area (Å²) in [7, 11) is 0. The van der Waals surface area contributed by atoms with Crippen LogP contribution >= 0.6 is 0 Å². The zero-order valence-corrected chi connectivity index (χ0v) is 18.0. The summed E-state index contributed by atoms with van der Waals surface area (Å²) < 4.78 is 11.1. The van der Waals surface area contributed by atoms with Crippen molar-refractivity contribution in [2.24, 2.45) is 17.8 Å². The van der Waals surface area contributed by atoms with Crippen molar-refractivity contribution >= 4 is 17.6 Å². The molecule has 5 rings (SSSR count). The van der Waals surface area contributed by atoms with Crippen LogP contribution in [0, 0.1) is 17.8 Å². The molecule has 4 bridgehead atoms. The zero-order valence-electron chi connectivity index (χ0n) is 18.0. The van der Waals surface area contributed by atoms with Crippen LogP contribution in [-0.4, -0.2) is 37.2 Å². The van der Waals surface area contributed by atoms with E-state index in [-0.39, 0.29) is 11.4 Å². The lowest BCUT2D eigenvalue weighted by Gasteiger charge is -2.54. The molecule has 0 radical (unpaired) electrons. The van der Waals surface area contributed by atoms with E-state index in [1.807, 2.05) is 13.8 Å². The average molecular weight is 417 g/mol. The first kappa shape index (κ1) is 21.0. The fourth-order valence-electron chi connectivity index (χ4n) is 6.21. The summed E-state index contributed by atoms with van der Waals surface area (Å²) in [5.74, 6) is 3.48. The number of amides is 3. The Balaban J connectivity index is 1.28. The van der Waals surface area contributed by atoms with Gasteiger partial charge in [-0.05, 0) is 63.0 Å². The molecule has 0 unspecified atom stereocenters. The zero-order chi connectivity index (χ0) is 21.1. The fraction of sp³-hybridized carbons (Fsp3) is 0.652. The second-order valence-electron chi connectivity index (χ2n) is 9.22. The van der Waals surface area contributed by atoms with Crippen LogP contribution in [0.4, 0.5) is 10.5 Å². The van der Waals surface area contributed by atoms with E-state index < -0.39 is 6.03 Å². The number of urea groups is 1. The molecule has 0 heterocycles. The Bertz CT molecular complexity index is 759. The van der Waals surface area contributed by atoms with E-state index in [1.54, 1.807) is 18.2 Å². The number of imide groups is 1. The number of ether oxygens (including phenoxy) is 2. The van der Waals surface area contributed by atoms with Crippen molar-refractivity contribution in [2.45, 2.75) is 57.9 Å². The maximum Gasteiger partial charge on any atom is 0.326 e. The number of nitrogens with two attached hydrogens (primary N) is 1. The van der Waals surface area contributed by atoms with Crippen LogP contribution in [0.25, 0.3) is 0 Å². The Morgan fingerprint density at radius 2 is 1.60 bits per heavy atom. The Hall–Kier alpha value is -2.28. The van der Waals surface area contributed by atoms with Gasteiger partial charge in [0.1, 0.15) is 0 Å². The number of rotatable bonds is 8. The molecule has 7 heteroatoms. The summed E-state index contributed by atoms with van der Waals surface area (Å²) in [5.41, 5.74) is 0.779. The standard InChI is InChI=1S/C23H33N3O4/c1-3-29-19-6-5-18(10-20(19)30-4-2)25-22(28)26-21(27)14-24-23-11-15-7-16(12-23)9-17(8-15)13-23/h5-6,10,15-17,24H,3-4,7-9,11-14H2,1-2H3,(H2,25,26,27,28)/p+1. The molecule has 1 aromatic rings. The highest BCUT2D eigenvalue weighted by atomic mass is 16.5. The van der Waals surface area contributed by atoms with Gasteiger partial charge < -0.3 is 20.1 Å². The maximum absolute atomic E-state index is 12.4. The van der Waals surface area contributed by atoms with Crippen molar-refractivity contribution in [3.8, 4) is 11.5 Å². The van der Waals surface area contributed by atoms with Gasteiger partial charge in [-0.2, -0.15) is 0 Å². The molecule has 0 aliphatic heterocycles. The highest BCUT2D eigenvalue weighted by Gasteiger charge is 2.53. The van der Waals surface area contributed by atoms with Crippen molar-refractivity contribution < 1.29 is 24.4 Å². The summed E-state index contributed by atoms with van der Waals surface area (Å²) in [6.07, 6.45) is 7.83. The number of benzene rings is 1. The van der Waals surface area contributed by atoms with E-state index in [4.69, 9.17) is 9.47 Å². The van der Waals surface area contributed by atoms with Crippen molar-refractivity contribution in [3.63, 3.8) is 0 Å². The molecule has 164 valence electrons. The normalized spacial score (nSPS) is 28.8. The minimum atomic E-state index is -0.523. The van der Waals surface area contributed by atoms with E-state index in [9.17, 15) is 9.59 Å². The predicted octanol–water partition coefficient (Wildman–Crippen LogP) is 2.66. The van der Waals surface area contributed by atoms with Gasteiger partial charge in [0.05, 0.1) is 18.8 Å². The number of quaternary nitrogens is 1. The van der Waals surface area contributed by atoms with Crippen molar-refractivity contribution in [1.29, 1.82) is 0 Å². The van der Waals surface area contributed by atoms with Gasteiger partial charge in [0.15, 0.2) is 18.0 Å². The van der Waals surface area contributed by atoms with Crippen LogP contribution in [-0.2, 0) is 4.79 Å². The highest BCUT2D eigenvalue weighted by molar-refractivity contribution is 6.01. The SMILES string of the molecule is CCOc1ccc(NC(=O)NC(=O)C[NH2+]C23CC4CC(CC(C4)C2)C3)cc1OCC. The average Bonchev–Trinajstić information content (AvgIpc) is 2.68. The Labute approximate surface area is 178 Å². The number of anilines is 1. The highest BCUT2D eigenvalue weighted by Crippen LogP contribution is 2.54. The third kappa shape index (κ3) is 4.72. The van der Waals surface area contributed by atoms with E-state index in [2.05, 4.69) is 16.0 Å². The minimum Gasteiger partial charge on any atom is -0.490 e. The fourth-order valence-corrected chi connectivity index (χ4v) is 6.21. The largest absolute Gasteiger partial charge is 0.490 e. The number of nitrogens with one attached hydrogen (secondary N) is 2. The molecular weight excluding hydrogens is 382 g/mol. The molecule has 4 aliphatic rings. The lowest BCUT2D eigenvalue weighted by Crippen LogP contribution is -3.00. The second kappa shape index (κ2) is 8.84. The third-order valence-corrected chi connectivity index (χ3v) is 6.86. The first-order chi connectivity index (χ1) is 14.5. The van der Waals surface area contributed by atoms with Crippen LogP contribution in [0.2, 0.25) is 0 Å². The van der Waals surface area contributed by atoms with Gasteiger partial charge in [-0.25, -0.2) is 4.79 Å². The Kier molecular flexibility index (Phi) is 6.18. The van der Waals surface area contributed by atoms with E-state index in [0.29, 0.717) is 36.9 Å². The maximum atomic E-state index is 12.4. The molecule has 4 aliphatic carbocycles. The molecule has 0 atom stereocenters. The Morgan fingerprint density at radius 1 is 1.00 bits per heavy atom. The van der Waals surface area contributed by atoms with Gasteiger partial charge in [0, 0.05) is 31.0 Å². The summed E-state index contributed by atoms with van der Waals surface area (Å²) in [6, 6.07) is 4.68. The molecule has 0 spiro atoms. The number of hydrogen-bond acceptors (Lipinski definition) is 4. The first-order valence-electron chi connectivity index (χ1n) is 11.3. The van der Waals surface area contributed by atoms with E-state index in [0.717, 1.165) is 17.8 Å². The lowest BCUT2D eigenvalue weighted by atomic mass is 9.53. The molecule has 4 fully saturated rings. The van der Waals surface area contributed by atoms with Crippen molar-refractivity contribution in [1.82, 2.24) is 5.32 Å². The monoisotopic (exact) mass is 416 g/mol. The summed E-state index contributed by atoms with van der Waals surface area (Å²) in [4.78, 5) is 24.7. The minimum absolute atomic E-state index is 0.226. The van der Waals surface area contributed by atoms with Gasteiger partial charge in [-0.15, -0.1) is 0 Å². The molecule has 0 saturated heterocycles. The van der Waals surface area contributed by atoms with Crippen molar-refractivity contribution in [3.05, 3.63) is 18.2 Å². The van der Waals surface area contributed by atoms with Crippen molar-refractivity contribution in [2.75, 3.05) is 25.1 Å². The number of carbonyl (C=O) groups excluding carboxylic acids is 2. The Morgan fingerprint density at radius 3 is 2.20 bits per heavy atom. The van der Waals surface area contributed by atoms with Crippen LogP contribution in [0.5, 0.6) is 11.5 Å². The van der Waals surface area contributed by atoms with Crippen LogP contribution in [0.1, 0.15) is 52.4 Å². The van der Waals surface area contributed by atoms with Gasteiger partial charge >= 0.3 is 6.03 Å². The molecular formula is C23H34N3O4+. The molecule has 4 N–H and O–H groups in total. The van der Waals surface area contributed by atoms with Gasteiger partial charge in [-0.3, -0.25) is 10.1 Å². The van der Waals surface area contributed by atoms with E-state index >= 15 is 0 Å². The van der Waals surface area contributed by atoms with E-state index in [1.165, 1.54) is 38.5 Å². The molecule has 0 aromatic heterocycles. The molecule has 7 nitrogen and oxygen atoms in total. The topological polar surface area (TPSA) is 93.3 Å². The van der Waals surface area contributed by atoms with Crippen LogP contribution in [0.15, 0.2) is 18.2 Å². The summed E-state index contributed by atoms with van der Waals surface area (Å²) in [5, 5.41) is 7.39. The van der Waals surface area contributed by atoms with Gasteiger partial charge in [0.25, 0.3) is 5.91 Å². The van der Waals surface area contributed by atoms with Gasteiger partial charge in [0.2, 0.25) is 0 Å². The molecule has 30 heavy (non-hydrogen) atoms. The quantitative estimate of drug-likeness (QED) is 0.607. The molecule has 1 aromatic carbocycles. The molecule has 4 saturated carbocycles. The smallest absolute Gasteiger partial charge is 0.326 e. The second-order valence-corrected chi connectivity index (χ2v) is 9.22. The number of hydrogen-bond donors (Lipinski definition) is 3. The molecule has 3 amide bonds. The summed E-state index contributed by atoms with van der Waals surface area (Å²) in [6.45, 7) is 5.12. The predicted molar refractivity (Wildman–Crippen MR) is 114 cm³/mol. The van der Waals surface area contributed by atoms with Crippen LogP contribution < -0.4 is 25.4 Å². The van der Waals surface area contributed by atoms with Crippen LogP contribution in [0.3, 0.4) is 0 Å². The third-order valence-electron chi connectivity index (χ3n) is 6.86. The lowest BCUT2D eigenvalue weighted by molar-refractivity contribution is -0.730. The summed E-state index contributed by atoms with van der Waals surface area (Å²) >= 11 is 0. The first-order valence-corrected chi connectivity index (χ1v) is 11.3.